The average molecular weight is 326 g/mol. The molecule has 1 saturated heterocycles. The highest BCUT2D eigenvalue weighted by molar-refractivity contribution is 6.62. The Morgan fingerprint density at radius 2 is 2.33 bits per heavy atom. The molecule has 1 aliphatic carbocycles. The lowest BCUT2D eigenvalue weighted by molar-refractivity contribution is -0.169. The van der Waals surface area contributed by atoms with Crippen LogP contribution >= 0.6 is 0 Å². The molecule has 0 bridgehead atoms. The number of H-pyrrole nitrogens is 1. The number of rotatable bonds is 1. The van der Waals surface area contributed by atoms with Gasteiger partial charge in [-0.15, -0.1) is 0 Å². The Labute approximate surface area is 139 Å². The van der Waals surface area contributed by atoms with Crippen LogP contribution in [-0.4, -0.2) is 52.7 Å². The predicted octanol–water partition coefficient (Wildman–Crippen LogP) is 0.301. The second kappa shape index (κ2) is 4.52. The third-order valence-corrected chi connectivity index (χ3v) is 5.66. The summed E-state index contributed by atoms with van der Waals surface area (Å²) in [5.41, 5.74) is 2.36. The summed E-state index contributed by atoms with van der Waals surface area (Å²) in [6.45, 7) is 4.09. The molecule has 0 unspecified atom stereocenters. The van der Waals surface area contributed by atoms with Crippen molar-refractivity contribution in [1.82, 2.24) is 20.2 Å². The highest BCUT2D eigenvalue weighted by Gasteiger charge is 2.66. The molecule has 2 amide bonds. The number of hydrogen-bond donors (Lipinski definition) is 3. The van der Waals surface area contributed by atoms with Gasteiger partial charge in [0, 0.05) is 48.3 Å². The summed E-state index contributed by atoms with van der Waals surface area (Å²) in [6, 6.07) is 2.01. The first-order valence-electron chi connectivity index (χ1n) is 8.41. The number of aromatic nitrogens is 2. The molecular weight excluding hydrogens is 307 g/mol. The fourth-order valence-electron chi connectivity index (χ4n) is 4.87. The molecule has 8 heteroatoms. The summed E-state index contributed by atoms with van der Waals surface area (Å²) in [7, 11) is -0.913. The van der Waals surface area contributed by atoms with E-state index in [2.05, 4.69) is 15.3 Å². The summed E-state index contributed by atoms with van der Waals surface area (Å²) in [6.07, 6.45) is 5.25. The fourth-order valence-corrected chi connectivity index (χ4v) is 4.87. The number of pyridine rings is 1. The van der Waals surface area contributed by atoms with Gasteiger partial charge in [-0.3, -0.25) is 0 Å². The highest BCUT2D eigenvalue weighted by Crippen LogP contribution is 2.62. The molecule has 5 rings (SSSR count). The Kier molecular flexibility index (Phi) is 2.69. The van der Waals surface area contributed by atoms with Crippen LogP contribution in [0.25, 0.3) is 11.0 Å². The van der Waals surface area contributed by atoms with Gasteiger partial charge in [-0.2, -0.15) is 0 Å². The number of nitrogens with one attached hydrogen (secondary N) is 2. The zero-order valence-electron chi connectivity index (χ0n) is 13.5. The lowest BCUT2D eigenvalue weighted by Gasteiger charge is -2.63. The molecule has 2 aromatic rings. The standard InChI is InChI=1S/C16H19BN4O3/c1-2-18-14(22)21-8-15(9-21)6-16(7-15)12-10-3-4-19-13(10)20-5-11(12)17(23)24-16/h3-5,23H,2,6-9H2,1H3,(H,18,22)(H,19,20). The van der Waals surface area contributed by atoms with Gasteiger partial charge in [0.25, 0.3) is 0 Å². The van der Waals surface area contributed by atoms with Crippen LogP contribution in [0.5, 0.6) is 0 Å². The third-order valence-electron chi connectivity index (χ3n) is 5.66. The Hall–Kier alpha value is -2.06. The molecule has 3 N–H and O–H groups in total. The SMILES string of the molecule is CCNC(=O)N1CC2(C1)CC1(C2)OB(O)c2cnc3[nH]ccc3c21. The number of aromatic amines is 1. The molecule has 124 valence electrons. The van der Waals surface area contributed by atoms with Gasteiger partial charge < -0.3 is 24.9 Å². The number of carbonyl (C=O) groups is 1. The molecule has 3 aliphatic rings. The zero-order valence-corrected chi connectivity index (χ0v) is 13.5. The second-order valence-electron chi connectivity index (χ2n) is 7.34. The van der Waals surface area contributed by atoms with Gasteiger partial charge in [0.05, 0.1) is 5.60 Å². The Balaban J connectivity index is 1.42. The van der Waals surface area contributed by atoms with Crippen LogP contribution in [0.1, 0.15) is 25.3 Å². The summed E-state index contributed by atoms with van der Waals surface area (Å²) < 4.78 is 5.99. The van der Waals surface area contributed by atoms with E-state index < -0.39 is 12.7 Å². The topological polar surface area (TPSA) is 90.5 Å². The number of hydrogen-bond acceptors (Lipinski definition) is 4. The lowest BCUT2D eigenvalue weighted by Crippen LogP contribution is -2.69. The summed E-state index contributed by atoms with van der Waals surface area (Å²) in [5, 5.41) is 14.2. The lowest BCUT2D eigenvalue weighted by atomic mass is 9.53. The molecule has 2 spiro atoms. The summed E-state index contributed by atoms with van der Waals surface area (Å²) >= 11 is 0. The van der Waals surface area contributed by atoms with E-state index in [-0.39, 0.29) is 11.4 Å². The zero-order chi connectivity index (χ0) is 16.5. The van der Waals surface area contributed by atoms with Crippen molar-refractivity contribution in [2.75, 3.05) is 19.6 Å². The maximum absolute atomic E-state index is 11.9. The molecule has 0 radical (unpaired) electrons. The van der Waals surface area contributed by atoms with Gasteiger partial charge in [-0.05, 0) is 31.4 Å². The number of carbonyl (C=O) groups excluding carboxylic acids is 1. The molecule has 2 aromatic heterocycles. The van der Waals surface area contributed by atoms with Crippen LogP contribution < -0.4 is 10.8 Å². The van der Waals surface area contributed by atoms with Gasteiger partial charge in [-0.25, -0.2) is 9.78 Å². The molecule has 2 aliphatic heterocycles. The van der Waals surface area contributed by atoms with Crippen molar-refractivity contribution in [2.45, 2.75) is 25.4 Å². The quantitative estimate of drug-likeness (QED) is 0.658. The third kappa shape index (κ3) is 1.70. The summed E-state index contributed by atoms with van der Waals surface area (Å²) in [5.74, 6) is 0. The minimum absolute atomic E-state index is 0.00840. The Bertz CT molecular complexity index is 837. The number of fused-ring (bicyclic) bond motifs is 4. The molecular formula is C16H19BN4O3. The van der Waals surface area contributed by atoms with E-state index in [0.29, 0.717) is 6.54 Å². The van der Waals surface area contributed by atoms with Gasteiger partial charge >= 0.3 is 13.1 Å². The molecule has 2 fully saturated rings. The molecule has 7 nitrogen and oxygen atoms in total. The molecule has 1 saturated carbocycles. The monoisotopic (exact) mass is 326 g/mol. The first-order chi connectivity index (χ1) is 11.6. The van der Waals surface area contributed by atoms with E-state index in [1.54, 1.807) is 6.20 Å². The van der Waals surface area contributed by atoms with Crippen LogP contribution in [0.4, 0.5) is 4.79 Å². The van der Waals surface area contributed by atoms with Crippen LogP contribution in [0.2, 0.25) is 0 Å². The molecule has 4 heterocycles. The normalized spacial score (nSPS) is 22.6. The first kappa shape index (κ1) is 14.3. The maximum Gasteiger partial charge on any atom is 0.493 e. The van der Waals surface area contributed by atoms with Crippen LogP contribution in [0, 0.1) is 5.41 Å². The number of amides is 2. The highest BCUT2D eigenvalue weighted by atomic mass is 16.5. The van der Waals surface area contributed by atoms with Crippen molar-refractivity contribution in [2.24, 2.45) is 5.41 Å². The van der Waals surface area contributed by atoms with Gasteiger partial charge in [0.2, 0.25) is 0 Å². The van der Waals surface area contributed by atoms with Crippen molar-refractivity contribution < 1.29 is 14.5 Å². The van der Waals surface area contributed by atoms with E-state index in [1.807, 2.05) is 24.1 Å². The van der Waals surface area contributed by atoms with E-state index >= 15 is 0 Å². The number of urea groups is 1. The second-order valence-corrected chi connectivity index (χ2v) is 7.34. The Morgan fingerprint density at radius 1 is 1.54 bits per heavy atom. The van der Waals surface area contributed by atoms with Crippen molar-refractivity contribution >= 4 is 29.6 Å². The average Bonchev–Trinajstić information content (AvgIpc) is 3.05. The number of likely N-dealkylation sites (tertiary alicyclic amines) is 1. The Morgan fingerprint density at radius 3 is 3.08 bits per heavy atom. The summed E-state index contributed by atoms with van der Waals surface area (Å²) in [4.78, 5) is 21.2. The van der Waals surface area contributed by atoms with Gasteiger partial charge in [0.1, 0.15) is 5.65 Å². The van der Waals surface area contributed by atoms with Crippen molar-refractivity contribution in [1.29, 1.82) is 0 Å². The van der Waals surface area contributed by atoms with Gasteiger partial charge in [0.15, 0.2) is 0 Å². The van der Waals surface area contributed by atoms with E-state index in [1.165, 1.54) is 0 Å². The minimum Gasteiger partial charge on any atom is -0.423 e. The maximum atomic E-state index is 11.9. The molecule has 0 aromatic carbocycles. The predicted molar refractivity (Wildman–Crippen MR) is 88.8 cm³/mol. The van der Waals surface area contributed by atoms with E-state index in [0.717, 1.165) is 48.0 Å². The fraction of sp³-hybridized carbons (Fsp3) is 0.500. The van der Waals surface area contributed by atoms with Crippen molar-refractivity contribution in [3.63, 3.8) is 0 Å². The molecule has 24 heavy (non-hydrogen) atoms. The van der Waals surface area contributed by atoms with Crippen LogP contribution in [0.3, 0.4) is 0 Å². The van der Waals surface area contributed by atoms with E-state index in [9.17, 15) is 9.82 Å². The van der Waals surface area contributed by atoms with Crippen LogP contribution in [-0.2, 0) is 10.3 Å². The number of nitrogens with zero attached hydrogens (tertiary/aromatic N) is 2. The van der Waals surface area contributed by atoms with Crippen molar-refractivity contribution in [3.05, 3.63) is 24.0 Å². The van der Waals surface area contributed by atoms with E-state index in [4.69, 9.17) is 4.65 Å². The molecule has 0 atom stereocenters. The van der Waals surface area contributed by atoms with Crippen molar-refractivity contribution in [3.8, 4) is 0 Å². The smallest absolute Gasteiger partial charge is 0.423 e. The first-order valence-corrected chi connectivity index (χ1v) is 8.41. The minimum atomic E-state index is -0.913. The largest absolute Gasteiger partial charge is 0.493 e. The van der Waals surface area contributed by atoms with Gasteiger partial charge in [-0.1, -0.05) is 0 Å². The van der Waals surface area contributed by atoms with Crippen LogP contribution in [0.15, 0.2) is 18.5 Å².